The number of thiol groups is 1. The average molecular weight is 347 g/mol. The molecule has 124 valence electrons. The van der Waals surface area contributed by atoms with E-state index in [4.69, 9.17) is 0 Å². The molecular formula is C15H13N3O5S. The molecule has 0 aliphatic carbocycles. The predicted octanol–water partition coefficient (Wildman–Crippen LogP) is 2.65. The van der Waals surface area contributed by atoms with Gasteiger partial charge in [-0.2, -0.15) is 0 Å². The van der Waals surface area contributed by atoms with Crippen LogP contribution >= 0.6 is 12.6 Å². The van der Waals surface area contributed by atoms with Crippen LogP contribution in [0.5, 0.6) is 0 Å². The highest BCUT2D eigenvalue weighted by molar-refractivity contribution is 7.80. The normalized spacial score (nSPS) is 10.2. The van der Waals surface area contributed by atoms with Crippen LogP contribution in [-0.2, 0) is 17.8 Å². The summed E-state index contributed by atoms with van der Waals surface area (Å²) < 4.78 is 0. The zero-order chi connectivity index (χ0) is 17.7. The Labute approximate surface area is 142 Å². The smallest absolute Gasteiger partial charge is 0.276 e. The SMILES string of the molecule is O=C(Cc1ccc(S)cc1)NCc1cc([N+](=O)[O-])cc([N+](=O)[O-])c1. The van der Waals surface area contributed by atoms with E-state index in [1.165, 1.54) is 12.1 Å². The van der Waals surface area contributed by atoms with Crippen LogP contribution in [0.4, 0.5) is 11.4 Å². The molecule has 2 aromatic carbocycles. The Hall–Kier alpha value is -2.94. The maximum Gasteiger partial charge on any atom is 0.276 e. The molecule has 0 aliphatic heterocycles. The number of carbonyl (C=O) groups excluding carboxylic acids is 1. The summed E-state index contributed by atoms with van der Waals surface area (Å²) in [5.74, 6) is -0.295. The third-order valence-corrected chi connectivity index (χ3v) is 3.47. The van der Waals surface area contributed by atoms with Gasteiger partial charge in [0.25, 0.3) is 11.4 Å². The Kier molecular flexibility index (Phi) is 5.48. The molecule has 0 heterocycles. The van der Waals surface area contributed by atoms with Gasteiger partial charge >= 0.3 is 0 Å². The van der Waals surface area contributed by atoms with Gasteiger partial charge in [0, 0.05) is 23.6 Å². The molecule has 0 aliphatic rings. The number of hydrogen-bond donors (Lipinski definition) is 2. The molecule has 2 aromatic rings. The Morgan fingerprint density at radius 2 is 1.50 bits per heavy atom. The number of nitrogens with one attached hydrogen (secondary N) is 1. The molecule has 0 aromatic heterocycles. The lowest BCUT2D eigenvalue weighted by molar-refractivity contribution is -0.394. The summed E-state index contributed by atoms with van der Waals surface area (Å²) in [6.07, 6.45) is 0.130. The molecule has 0 spiro atoms. The van der Waals surface area contributed by atoms with Gasteiger partial charge in [0.05, 0.1) is 22.3 Å². The van der Waals surface area contributed by atoms with Crippen molar-refractivity contribution < 1.29 is 14.6 Å². The Balaban J connectivity index is 2.05. The molecule has 0 radical (unpaired) electrons. The van der Waals surface area contributed by atoms with Crippen LogP contribution in [-0.4, -0.2) is 15.8 Å². The van der Waals surface area contributed by atoms with E-state index in [-0.39, 0.29) is 24.4 Å². The van der Waals surface area contributed by atoms with Gasteiger partial charge in [-0.15, -0.1) is 12.6 Å². The second-order valence-electron chi connectivity index (χ2n) is 4.99. The molecular weight excluding hydrogens is 334 g/mol. The van der Waals surface area contributed by atoms with Crippen LogP contribution in [0.1, 0.15) is 11.1 Å². The van der Waals surface area contributed by atoms with Crippen LogP contribution in [0.3, 0.4) is 0 Å². The summed E-state index contributed by atoms with van der Waals surface area (Å²) in [5.41, 5.74) is 0.293. The van der Waals surface area contributed by atoms with E-state index in [1.807, 2.05) is 0 Å². The van der Waals surface area contributed by atoms with Gasteiger partial charge in [-0.3, -0.25) is 25.0 Å². The van der Waals surface area contributed by atoms with Crippen molar-refractivity contribution in [3.8, 4) is 0 Å². The molecule has 0 atom stereocenters. The quantitative estimate of drug-likeness (QED) is 0.473. The summed E-state index contributed by atoms with van der Waals surface area (Å²) in [5, 5.41) is 24.2. The molecule has 24 heavy (non-hydrogen) atoms. The topological polar surface area (TPSA) is 115 Å². The zero-order valence-electron chi connectivity index (χ0n) is 12.3. The molecule has 0 unspecified atom stereocenters. The number of hydrogen-bond acceptors (Lipinski definition) is 6. The predicted molar refractivity (Wildman–Crippen MR) is 89.0 cm³/mol. The molecule has 0 fully saturated rings. The minimum Gasteiger partial charge on any atom is -0.352 e. The van der Waals surface area contributed by atoms with Crippen molar-refractivity contribution in [3.63, 3.8) is 0 Å². The summed E-state index contributed by atoms with van der Waals surface area (Å²) in [6, 6.07) is 10.3. The van der Waals surface area contributed by atoms with Crippen LogP contribution in [0, 0.1) is 20.2 Å². The average Bonchev–Trinajstić information content (AvgIpc) is 2.54. The number of nitro groups is 2. The Morgan fingerprint density at radius 1 is 0.958 bits per heavy atom. The fourth-order valence-electron chi connectivity index (χ4n) is 2.03. The molecule has 1 N–H and O–H groups in total. The first-order chi connectivity index (χ1) is 11.3. The number of amides is 1. The third kappa shape index (κ3) is 4.78. The standard InChI is InChI=1S/C15H13N3O5S/c19-15(7-10-1-3-14(24)4-2-10)16-9-11-5-12(17(20)21)8-13(6-11)18(22)23/h1-6,8,24H,7,9H2,(H,16,19). The summed E-state index contributed by atoms with van der Waals surface area (Å²) >= 11 is 4.15. The van der Waals surface area contributed by atoms with Crippen LogP contribution in [0.2, 0.25) is 0 Å². The maximum atomic E-state index is 11.9. The van der Waals surface area contributed by atoms with Crippen LogP contribution < -0.4 is 5.32 Å². The second kappa shape index (κ2) is 7.55. The van der Waals surface area contributed by atoms with Crippen molar-refractivity contribution >= 4 is 29.9 Å². The zero-order valence-corrected chi connectivity index (χ0v) is 13.2. The van der Waals surface area contributed by atoms with E-state index in [2.05, 4.69) is 17.9 Å². The number of benzene rings is 2. The number of nitro benzene ring substituents is 2. The highest BCUT2D eigenvalue weighted by atomic mass is 32.1. The van der Waals surface area contributed by atoms with Gasteiger partial charge in [-0.1, -0.05) is 12.1 Å². The maximum absolute atomic E-state index is 11.9. The summed E-state index contributed by atoms with van der Waals surface area (Å²) in [7, 11) is 0. The van der Waals surface area contributed by atoms with Crippen molar-refractivity contribution in [2.45, 2.75) is 17.9 Å². The molecule has 0 saturated heterocycles. The number of carbonyl (C=O) groups is 1. The fraction of sp³-hybridized carbons (Fsp3) is 0.133. The minimum atomic E-state index is -0.711. The van der Waals surface area contributed by atoms with Gasteiger partial charge in [-0.05, 0) is 23.3 Å². The van der Waals surface area contributed by atoms with E-state index >= 15 is 0 Å². The van der Waals surface area contributed by atoms with Crippen molar-refractivity contribution in [1.29, 1.82) is 0 Å². The fourth-order valence-corrected chi connectivity index (χ4v) is 2.18. The van der Waals surface area contributed by atoms with Gasteiger partial charge < -0.3 is 5.32 Å². The van der Waals surface area contributed by atoms with Crippen molar-refractivity contribution in [2.24, 2.45) is 0 Å². The Bertz CT molecular complexity index is 760. The van der Waals surface area contributed by atoms with E-state index in [0.29, 0.717) is 0 Å². The molecule has 2 rings (SSSR count). The van der Waals surface area contributed by atoms with Gasteiger partial charge in [0.2, 0.25) is 5.91 Å². The van der Waals surface area contributed by atoms with Crippen molar-refractivity contribution in [3.05, 3.63) is 73.8 Å². The van der Waals surface area contributed by atoms with Gasteiger partial charge in [0.15, 0.2) is 0 Å². The highest BCUT2D eigenvalue weighted by Crippen LogP contribution is 2.22. The van der Waals surface area contributed by atoms with Gasteiger partial charge in [-0.25, -0.2) is 0 Å². The minimum absolute atomic E-state index is 0.0357. The summed E-state index contributed by atoms with van der Waals surface area (Å²) in [6.45, 7) is -0.0357. The second-order valence-corrected chi connectivity index (χ2v) is 5.51. The largest absolute Gasteiger partial charge is 0.352 e. The first-order valence-corrected chi connectivity index (χ1v) is 7.27. The monoisotopic (exact) mass is 347 g/mol. The Morgan fingerprint density at radius 3 is 2.00 bits per heavy atom. The van der Waals surface area contributed by atoms with Crippen LogP contribution in [0.15, 0.2) is 47.4 Å². The first-order valence-electron chi connectivity index (χ1n) is 6.82. The van der Waals surface area contributed by atoms with E-state index in [0.717, 1.165) is 16.5 Å². The number of rotatable bonds is 6. The summed E-state index contributed by atoms with van der Waals surface area (Å²) in [4.78, 5) is 32.9. The molecule has 9 heteroatoms. The molecule has 8 nitrogen and oxygen atoms in total. The van der Waals surface area contributed by atoms with Crippen molar-refractivity contribution in [2.75, 3.05) is 0 Å². The number of non-ortho nitro benzene ring substituents is 2. The molecule has 0 bridgehead atoms. The van der Waals surface area contributed by atoms with Crippen LogP contribution in [0.25, 0.3) is 0 Å². The van der Waals surface area contributed by atoms with Crippen molar-refractivity contribution in [1.82, 2.24) is 5.32 Å². The molecule has 1 amide bonds. The molecule has 0 saturated carbocycles. The van der Waals surface area contributed by atoms with E-state index in [1.54, 1.807) is 24.3 Å². The van der Waals surface area contributed by atoms with E-state index in [9.17, 15) is 25.0 Å². The van der Waals surface area contributed by atoms with E-state index < -0.39 is 21.2 Å². The lowest BCUT2D eigenvalue weighted by atomic mass is 10.1. The number of nitrogens with zero attached hydrogens (tertiary/aromatic N) is 2. The first kappa shape index (κ1) is 17.4. The third-order valence-electron chi connectivity index (χ3n) is 3.17. The lowest BCUT2D eigenvalue weighted by Crippen LogP contribution is -2.24. The van der Waals surface area contributed by atoms with Gasteiger partial charge in [0.1, 0.15) is 0 Å². The highest BCUT2D eigenvalue weighted by Gasteiger charge is 2.16. The lowest BCUT2D eigenvalue weighted by Gasteiger charge is -2.06.